The zero-order valence-corrected chi connectivity index (χ0v) is 18.7. The summed E-state index contributed by atoms with van der Waals surface area (Å²) in [4.78, 5) is 38.8. The zero-order valence-electron chi connectivity index (χ0n) is 17.2. The van der Waals surface area contributed by atoms with E-state index in [1.165, 1.54) is 0 Å². The molecule has 6 nitrogen and oxygen atoms in total. The molecule has 1 saturated heterocycles. The van der Waals surface area contributed by atoms with Crippen LogP contribution in [0.4, 0.5) is 11.4 Å². The summed E-state index contributed by atoms with van der Waals surface area (Å²) in [6, 6.07) is 14.4. The first-order valence-electron chi connectivity index (χ1n) is 10.1. The predicted molar refractivity (Wildman–Crippen MR) is 121 cm³/mol. The van der Waals surface area contributed by atoms with Crippen LogP contribution in [0.25, 0.3) is 0 Å². The number of carbonyl (C=O) groups excluding carboxylic acids is 3. The van der Waals surface area contributed by atoms with Gasteiger partial charge in [0, 0.05) is 46.3 Å². The number of anilines is 2. The first-order chi connectivity index (χ1) is 14.3. The quantitative estimate of drug-likeness (QED) is 0.671. The molecule has 3 rings (SSSR count). The maximum absolute atomic E-state index is 12.6. The Kier molecular flexibility index (Phi) is 7.26. The molecule has 30 heavy (non-hydrogen) atoms. The summed E-state index contributed by atoms with van der Waals surface area (Å²) in [5.41, 5.74) is 2.05. The van der Waals surface area contributed by atoms with Gasteiger partial charge < -0.3 is 15.5 Å². The maximum Gasteiger partial charge on any atom is 0.253 e. The van der Waals surface area contributed by atoms with Crippen molar-refractivity contribution in [1.29, 1.82) is 0 Å². The molecule has 0 saturated carbocycles. The van der Waals surface area contributed by atoms with E-state index in [0.717, 1.165) is 4.47 Å². The number of hydrogen-bond acceptors (Lipinski definition) is 3. The fourth-order valence-electron chi connectivity index (χ4n) is 3.29. The first-order valence-corrected chi connectivity index (χ1v) is 10.9. The molecule has 0 radical (unpaired) electrons. The molecule has 1 fully saturated rings. The summed E-state index contributed by atoms with van der Waals surface area (Å²) in [5.74, 6) is -0.300. The number of halogens is 1. The molecule has 0 spiro atoms. The Bertz CT molecular complexity index is 902. The molecule has 2 aromatic rings. The summed E-state index contributed by atoms with van der Waals surface area (Å²) >= 11 is 3.37. The number of piperidine rings is 1. The van der Waals surface area contributed by atoms with Crippen LogP contribution in [-0.2, 0) is 9.59 Å². The van der Waals surface area contributed by atoms with Crippen molar-refractivity contribution in [3.05, 3.63) is 58.6 Å². The Hall–Kier alpha value is -2.67. The minimum atomic E-state index is -0.126. The average molecular weight is 472 g/mol. The van der Waals surface area contributed by atoms with Gasteiger partial charge in [-0.1, -0.05) is 29.8 Å². The van der Waals surface area contributed by atoms with Gasteiger partial charge in [0.1, 0.15) is 0 Å². The Morgan fingerprint density at radius 1 is 0.900 bits per heavy atom. The molecule has 2 aromatic carbocycles. The number of hydrogen-bond donors (Lipinski definition) is 2. The molecule has 1 heterocycles. The molecule has 0 bridgehead atoms. The Balaban J connectivity index is 1.50. The van der Waals surface area contributed by atoms with Gasteiger partial charge in [-0.25, -0.2) is 0 Å². The molecular weight excluding hydrogens is 446 g/mol. The minimum absolute atomic E-state index is 0.000363. The van der Waals surface area contributed by atoms with Gasteiger partial charge in [-0.3, -0.25) is 14.4 Å². The fourth-order valence-corrected chi connectivity index (χ4v) is 3.55. The average Bonchev–Trinajstić information content (AvgIpc) is 2.75. The van der Waals surface area contributed by atoms with E-state index in [4.69, 9.17) is 0 Å². The van der Waals surface area contributed by atoms with Crippen LogP contribution in [0.3, 0.4) is 0 Å². The van der Waals surface area contributed by atoms with Crippen molar-refractivity contribution in [2.45, 2.75) is 26.7 Å². The highest BCUT2D eigenvalue weighted by atomic mass is 79.9. The van der Waals surface area contributed by atoms with Gasteiger partial charge >= 0.3 is 0 Å². The lowest BCUT2D eigenvalue weighted by molar-refractivity contribution is -0.121. The molecule has 0 aliphatic carbocycles. The SMILES string of the molecule is CC(C)C(=O)Nc1ccc(NC(=O)C2CCN(C(=O)c3ccc(Br)cc3)CC2)cc1. The lowest BCUT2D eigenvalue weighted by Crippen LogP contribution is -2.41. The third-order valence-electron chi connectivity index (χ3n) is 5.19. The Labute approximate surface area is 185 Å². The number of amides is 3. The van der Waals surface area contributed by atoms with Crippen LogP contribution in [0.15, 0.2) is 53.0 Å². The summed E-state index contributed by atoms with van der Waals surface area (Å²) in [6.45, 7) is 4.80. The third kappa shape index (κ3) is 5.69. The Morgan fingerprint density at radius 3 is 1.97 bits per heavy atom. The van der Waals surface area contributed by atoms with Gasteiger partial charge in [0.05, 0.1) is 0 Å². The minimum Gasteiger partial charge on any atom is -0.339 e. The lowest BCUT2D eigenvalue weighted by atomic mass is 9.95. The van der Waals surface area contributed by atoms with Crippen molar-refractivity contribution in [2.75, 3.05) is 23.7 Å². The van der Waals surface area contributed by atoms with Gasteiger partial charge in [-0.05, 0) is 61.4 Å². The molecule has 2 N–H and O–H groups in total. The fraction of sp³-hybridized carbons (Fsp3) is 0.348. The highest BCUT2D eigenvalue weighted by Gasteiger charge is 2.27. The van der Waals surface area contributed by atoms with Gasteiger partial charge in [0.2, 0.25) is 11.8 Å². The third-order valence-corrected chi connectivity index (χ3v) is 5.72. The van der Waals surface area contributed by atoms with Crippen LogP contribution >= 0.6 is 15.9 Å². The predicted octanol–water partition coefficient (Wildman–Crippen LogP) is 4.53. The zero-order chi connectivity index (χ0) is 21.7. The second-order valence-electron chi connectivity index (χ2n) is 7.78. The molecule has 1 aliphatic heterocycles. The number of nitrogens with one attached hydrogen (secondary N) is 2. The van der Waals surface area contributed by atoms with E-state index in [2.05, 4.69) is 26.6 Å². The van der Waals surface area contributed by atoms with E-state index in [1.54, 1.807) is 41.3 Å². The maximum atomic E-state index is 12.6. The van der Waals surface area contributed by atoms with Crippen molar-refractivity contribution < 1.29 is 14.4 Å². The van der Waals surface area contributed by atoms with E-state index in [1.807, 2.05) is 26.0 Å². The lowest BCUT2D eigenvalue weighted by Gasteiger charge is -2.31. The van der Waals surface area contributed by atoms with Gasteiger partial charge in [-0.15, -0.1) is 0 Å². The van der Waals surface area contributed by atoms with Crippen LogP contribution in [0, 0.1) is 11.8 Å². The summed E-state index contributed by atoms with van der Waals surface area (Å²) in [5, 5.41) is 5.76. The van der Waals surface area contributed by atoms with E-state index < -0.39 is 0 Å². The highest BCUT2D eigenvalue weighted by Crippen LogP contribution is 2.22. The van der Waals surface area contributed by atoms with Crippen LogP contribution < -0.4 is 10.6 Å². The summed E-state index contributed by atoms with van der Waals surface area (Å²) in [7, 11) is 0. The highest BCUT2D eigenvalue weighted by molar-refractivity contribution is 9.10. The van der Waals surface area contributed by atoms with Gasteiger partial charge in [-0.2, -0.15) is 0 Å². The smallest absolute Gasteiger partial charge is 0.253 e. The monoisotopic (exact) mass is 471 g/mol. The molecule has 0 aromatic heterocycles. The van der Waals surface area contributed by atoms with Crippen LogP contribution in [0.1, 0.15) is 37.0 Å². The standard InChI is InChI=1S/C23H26BrN3O3/c1-15(2)21(28)25-19-7-9-20(10-8-19)26-22(29)16-11-13-27(14-12-16)23(30)17-3-5-18(24)6-4-17/h3-10,15-16H,11-14H2,1-2H3,(H,25,28)(H,26,29). The number of likely N-dealkylation sites (tertiary alicyclic amines) is 1. The van der Waals surface area contributed by atoms with Gasteiger partial charge in [0.15, 0.2) is 0 Å². The van der Waals surface area contributed by atoms with Crippen LogP contribution in [0.5, 0.6) is 0 Å². The van der Waals surface area contributed by atoms with Crippen LogP contribution in [0.2, 0.25) is 0 Å². The molecule has 0 atom stereocenters. The number of nitrogens with zero attached hydrogens (tertiary/aromatic N) is 1. The summed E-state index contributed by atoms with van der Waals surface area (Å²) < 4.78 is 0.935. The number of benzene rings is 2. The van der Waals surface area contributed by atoms with Crippen molar-refractivity contribution in [2.24, 2.45) is 11.8 Å². The van der Waals surface area contributed by atoms with E-state index >= 15 is 0 Å². The normalized spacial score (nSPS) is 14.5. The van der Waals surface area contributed by atoms with Crippen LogP contribution in [-0.4, -0.2) is 35.7 Å². The van der Waals surface area contributed by atoms with Crippen molar-refractivity contribution >= 4 is 45.0 Å². The first kappa shape index (κ1) is 22.0. The molecule has 158 valence electrons. The van der Waals surface area contributed by atoms with E-state index in [-0.39, 0.29) is 29.6 Å². The molecular formula is C23H26BrN3O3. The summed E-state index contributed by atoms with van der Waals surface area (Å²) in [6.07, 6.45) is 1.27. The van der Waals surface area contributed by atoms with E-state index in [9.17, 15) is 14.4 Å². The van der Waals surface area contributed by atoms with E-state index in [0.29, 0.717) is 42.9 Å². The molecule has 7 heteroatoms. The second-order valence-corrected chi connectivity index (χ2v) is 8.70. The van der Waals surface area contributed by atoms with Crippen molar-refractivity contribution in [1.82, 2.24) is 4.90 Å². The molecule has 0 unspecified atom stereocenters. The number of carbonyl (C=O) groups is 3. The molecule has 1 aliphatic rings. The van der Waals surface area contributed by atoms with Crippen molar-refractivity contribution in [3.63, 3.8) is 0 Å². The van der Waals surface area contributed by atoms with Gasteiger partial charge in [0.25, 0.3) is 5.91 Å². The Morgan fingerprint density at radius 2 is 1.43 bits per heavy atom. The van der Waals surface area contributed by atoms with Crippen molar-refractivity contribution in [3.8, 4) is 0 Å². The topological polar surface area (TPSA) is 78.5 Å². The second kappa shape index (κ2) is 9.89. The molecule has 3 amide bonds. The number of rotatable bonds is 5. The largest absolute Gasteiger partial charge is 0.339 e.